The lowest BCUT2D eigenvalue weighted by Crippen LogP contribution is -2.19. The molecule has 0 aliphatic heterocycles. The van der Waals surface area contributed by atoms with Gasteiger partial charge in [0.25, 0.3) is 0 Å². The smallest absolute Gasteiger partial charge is 0.122 e. The largest absolute Gasteiger partial charge is 0.334 e. The molecule has 0 unspecified atom stereocenters. The van der Waals surface area contributed by atoms with Crippen molar-refractivity contribution in [3.63, 3.8) is 0 Å². The molecule has 0 spiro atoms. The third kappa shape index (κ3) is 2.96. The maximum atomic E-state index is 4.42. The zero-order valence-corrected chi connectivity index (χ0v) is 10.4. The lowest BCUT2D eigenvalue weighted by atomic mass is 10.2. The van der Waals surface area contributed by atoms with Crippen LogP contribution in [0.4, 0.5) is 0 Å². The molecule has 0 saturated heterocycles. The first-order chi connectivity index (χ1) is 8.92. The Labute approximate surface area is 107 Å². The van der Waals surface area contributed by atoms with Crippen LogP contribution in [-0.4, -0.2) is 20.6 Å². The number of nitrogens with one attached hydrogen (secondary N) is 1. The zero-order chi connectivity index (χ0) is 12.2. The van der Waals surface area contributed by atoms with Crippen LogP contribution in [-0.2, 0) is 19.5 Å². The summed E-state index contributed by atoms with van der Waals surface area (Å²) >= 11 is 0. The molecule has 0 radical (unpaired) electrons. The quantitative estimate of drug-likeness (QED) is 0.839. The monoisotopic (exact) mass is 242 g/mol. The van der Waals surface area contributed by atoms with Crippen molar-refractivity contribution in [1.29, 1.82) is 0 Å². The van der Waals surface area contributed by atoms with E-state index in [1.807, 2.05) is 18.6 Å². The van der Waals surface area contributed by atoms with Gasteiger partial charge in [0.15, 0.2) is 0 Å². The van der Waals surface area contributed by atoms with Crippen molar-refractivity contribution in [3.8, 4) is 0 Å². The Bertz CT molecular complexity index is 488. The van der Waals surface area contributed by atoms with Gasteiger partial charge in [-0.25, -0.2) is 4.98 Å². The molecule has 1 saturated carbocycles. The second kappa shape index (κ2) is 5.31. The molecule has 2 aromatic heterocycles. The summed E-state index contributed by atoms with van der Waals surface area (Å²) in [6.07, 6.45) is 11.3. The molecule has 1 fully saturated rings. The highest BCUT2D eigenvalue weighted by Crippen LogP contribution is 2.19. The molecule has 0 amide bonds. The van der Waals surface area contributed by atoms with E-state index in [0.29, 0.717) is 0 Å². The Balaban J connectivity index is 1.56. The minimum Gasteiger partial charge on any atom is -0.334 e. The number of aromatic nitrogens is 3. The molecule has 4 heteroatoms. The molecular weight excluding hydrogens is 224 g/mol. The molecule has 18 heavy (non-hydrogen) atoms. The van der Waals surface area contributed by atoms with Gasteiger partial charge < -0.3 is 9.88 Å². The van der Waals surface area contributed by atoms with Crippen LogP contribution in [0, 0.1) is 0 Å². The van der Waals surface area contributed by atoms with Gasteiger partial charge in [-0.2, -0.15) is 0 Å². The SMILES string of the molecule is c1cc(CCn2ccnc2CNC2CC2)ccn1. The predicted molar refractivity (Wildman–Crippen MR) is 70.0 cm³/mol. The van der Waals surface area contributed by atoms with Crippen molar-refractivity contribution < 1.29 is 0 Å². The predicted octanol–water partition coefficient (Wildman–Crippen LogP) is 1.77. The first-order valence-electron chi connectivity index (χ1n) is 6.54. The van der Waals surface area contributed by atoms with E-state index in [2.05, 4.69) is 38.2 Å². The average molecular weight is 242 g/mol. The van der Waals surface area contributed by atoms with E-state index >= 15 is 0 Å². The molecule has 94 valence electrons. The first-order valence-corrected chi connectivity index (χ1v) is 6.54. The van der Waals surface area contributed by atoms with Gasteiger partial charge in [0.2, 0.25) is 0 Å². The summed E-state index contributed by atoms with van der Waals surface area (Å²) in [4.78, 5) is 8.45. The number of imidazole rings is 1. The first kappa shape index (κ1) is 11.4. The molecular formula is C14H18N4. The minimum atomic E-state index is 0.732. The molecule has 0 aromatic carbocycles. The summed E-state index contributed by atoms with van der Waals surface area (Å²) < 4.78 is 2.23. The lowest BCUT2D eigenvalue weighted by Gasteiger charge is -2.08. The van der Waals surface area contributed by atoms with Crippen molar-refractivity contribution in [3.05, 3.63) is 48.3 Å². The molecule has 0 atom stereocenters. The van der Waals surface area contributed by atoms with Gasteiger partial charge in [-0.3, -0.25) is 4.98 Å². The third-order valence-electron chi connectivity index (χ3n) is 3.32. The number of hydrogen-bond acceptors (Lipinski definition) is 3. The highest BCUT2D eigenvalue weighted by molar-refractivity contribution is 5.10. The van der Waals surface area contributed by atoms with Gasteiger partial charge >= 0.3 is 0 Å². The van der Waals surface area contributed by atoms with Gasteiger partial charge in [-0.15, -0.1) is 0 Å². The van der Waals surface area contributed by atoms with Gasteiger partial charge in [0.1, 0.15) is 5.82 Å². The molecule has 1 aliphatic carbocycles. The Kier molecular flexibility index (Phi) is 3.37. The van der Waals surface area contributed by atoms with E-state index in [1.54, 1.807) is 0 Å². The standard InChI is InChI=1S/C14H18N4/c1-2-13(1)17-11-14-16-8-10-18(14)9-5-12-3-6-15-7-4-12/h3-4,6-8,10,13,17H,1-2,5,9,11H2. The van der Waals surface area contributed by atoms with Gasteiger partial charge in [0.05, 0.1) is 6.54 Å². The Morgan fingerprint density at radius 2 is 2.06 bits per heavy atom. The van der Waals surface area contributed by atoms with E-state index in [9.17, 15) is 0 Å². The number of pyridine rings is 1. The molecule has 2 aromatic rings. The van der Waals surface area contributed by atoms with E-state index in [0.717, 1.165) is 31.4 Å². The van der Waals surface area contributed by atoms with Crippen LogP contribution in [0.2, 0.25) is 0 Å². The summed E-state index contributed by atoms with van der Waals surface area (Å²) in [5, 5.41) is 3.50. The van der Waals surface area contributed by atoms with E-state index in [1.165, 1.54) is 18.4 Å². The minimum absolute atomic E-state index is 0.732. The van der Waals surface area contributed by atoms with Crippen LogP contribution in [0.3, 0.4) is 0 Å². The molecule has 1 N–H and O–H groups in total. The topological polar surface area (TPSA) is 42.7 Å². The van der Waals surface area contributed by atoms with Crippen LogP contribution in [0.1, 0.15) is 24.2 Å². The van der Waals surface area contributed by atoms with Crippen LogP contribution in [0.15, 0.2) is 36.9 Å². The second-order valence-electron chi connectivity index (χ2n) is 4.80. The highest BCUT2D eigenvalue weighted by atomic mass is 15.1. The van der Waals surface area contributed by atoms with Crippen LogP contribution in [0.25, 0.3) is 0 Å². The highest BCUT2D eigenvalue weighted by Gasteiger charge is 2.20. The summed E-state index contributed by atoms with van der Waals surface area (Å²) in [5.41, 5.74) is 1.32. The summed E-state index contributed by atoms with van der Waals surface area (Å²) in [6, 6.07) is 4.87. The Hall–Kier alpha value is -1.68. The molecule has 3 rings (SSSR count). The van der Waals surface area contributed by atoms with Crippen LogP contribution >= 0.6 is 0 Å². The average Bonchev–Trinajstić information content (AvgIpc) is 3.14. The molecule has 0 bridgehead atoms. The van der Waals surface area contributed by atoms with Crippen molar-refractivity contribution in [1.82, 2.24) is 19.9 Å². The van der Waals surface area contributed by atoms with E-state index < -0.39 is 0 Å². The Morgan fingerprint density at radius 3 is 2.83 bits per heavy atom. The summed E-state index contributed by atoms with van der Waals surface area (Å²) in [6.45, 7) is 1.86. The summed E-state index contributed by atoms with van der Waals surface area (Å²) in [5.74, 6) is 1.14. The number of nitrogens with zero attached hydrogens (tertiary/aromatic N) is 3. The van der Waals surface area contributed by atoms with Gasteiger partial charge in [-0.05, 0) is 37.0 Å². The van der Waals surface area contributed by atoms with Crippen LogP contribution in [0.5, 0.6) is 0 Å². The maximum absolute atomic E-state index is 4.42. The van der Waals surface area contributed by atoms with E-state index in [-0.39, 0.29) is 0 Å². The fourth-order valence-electron chi connectivity index (χ4n) is 2.03. The molecule has 1 aliphatic rings. The van der Waals surface area contributed by atoms with Crippen molar-refractivity contribution in [2.45, 2.75) is 38.4 Å². The molecule has 4 nitrogen and oxygen atoms in total. The number of hydrogen-bond donors (Lipinski definition) is 1. The Morgan fingerprint density at radius 1 is 1.22 bits per heavy atom. The number of aryl methyl sites for hydroxylation is 2. The van der Waals surface area contributed by atoms with Gasteiger partial charge in [-0.1, -0.05) is 0 Å². The summed E-state index contributed by atoms with van der Waals surface area (Å²) in [7, 11) is 0. The normalized spacial score (nSPS) is 14.9. The van der Waals surface area contributed by atoms with Crippen molar-refractivity contribution >= 4 is 0 Å². The molecule has 2 heterocycles. The third-order valence-corrected chi connectivity index (χ3v) is 3.32. The fraction of sp³-hybridized carbons (Fsp3) is 0.429. The number of rotatable bonds is 6. The van der Waals surface area contributed by atoms with Crippen molar-refractivity contribution in [2.75, 3.05) is 0 Å². The van der Waals surface area contributed by atoms with Gasteiger partial charge in [0, 0.05) is 37.4 Å². The maximum Gasteiger partial charge on any atom is 0.122 e. The lowest BCUT2D eigenvalue weighted by molar-refractivity contribution is 0.592. The second-order valence-corrected chi connectivity index (χ2v) is 4.80. The van der Waals surface area contributed by atoms with Crippen LogP contribution < -0.4 is 5.32 Å². The van der Waals surface area contributed by atoms with E-state index in [4.69, 9.17) is 0 Å². The zero-order valence-electron chi connectivity index (χ0n) is 10.4. The fourth-order valence-corrected chi connectivity index (χ4v) is 2.03. The van der Waals surface area contributed by atoms with Crippen molar-refractivity contribution in [2.24, 2.45) is 0 Å².